The molecular formula is C15H16ClNO5S2. The van der Waals surface area contributed by atoms with E-state index < -0.39 is 23.6 Å². The van der Waals surface area contributed by atoms with E-state index in [1.807, 2.05) is 0 Å². The van der Waals surface area contributed by atoms with Gasteiger partial charge >= 0.3 is 11.9 Å². The molecule has 6 nitrogen and oxygen atoms in total. The maximum Gasteiger partial charge on any atom is 0.328 e. The molecule has 0 heterocycles. The summed E-state index contributed by atoms with van der Waals surface area (Å²) in [6.07, 6.45) is 0. The van der Waals surface area contributed by atoms with Crippen LogP contribution in [-0.2, 0) is 19.1 Å². The molecule has 0 aromatic heterocycles. The number of Topliss-reactive ketones (excluding diaryl/α,β-unsaturated/α-hetero) is 1. The normalized spacial score (nSPS) is 10.2. The van der Waals surface area contributed by atoms with Gasteiger partial charge in [0, 0.05) is 29.6 Å². The predicted molar refractivity (Wildman–Crippen MR) is 95.4 cm³/mol. The quantitative estimate of drug-likeness (QED) is 0.250. The number of nitrogens with zero attached hydrogens (tertiary/aromatic N) is 1. The minimum atomic E-state index is -1.70. The van der Waals surface area contributed by atoms with Gasteiger partial charge in [-0.1, -0.05) is 35.6 Å². The Kier molecular flexibility index (Phi) is 7.65. The Morgan fingerprint density at radius 3 is 2.17 bits per heavy atom. The summed E-state index contributed by atoms with van der Waals surface area (Å²) >= 11 is 12.3. The second kappa shape index (κ2) is 9.00. The van der Waals surface area contributed by atoms with Crippen LogP contribution >= 0.6 is 35.6 Å². The molecule has 130 valence electrons. The SMILES string of the molecule is COC(=O)C(C(=O)OC)C(=O)c1ccc(Cl)cc1SC(=S)N(C)C. The van der Waals surface area contributed by atoms with Crippen LogP contribution in [0.15, 0.2) is 23.1 Å². The highest BCUT2D eigenvalue weighted by Gasteiger charge is 2.38. The molecule has 0 unspecified atom stereocenters. The number of hydrogen-bond acceptors (Lipinski definition) is 7. The van der Waals surface area contributed by atoms with E-state index in [4.69, 9.17) is 23.8 Å². The number of thioether (sulfide) groups is 1. The van der Waals surface area contributed by atoms with Crippen molar-refractivity contribution in [3.05, 3.63) is 28.8 Å². The molecule has 0 aliphatic carbocycles. The molecule has 0 N–H and O–H groups in total. The number of halogens is 1. The van der Waals surface area contributed by atoms with Crippen molar-refractivity contribution in [2.45, 2.75) is 4.90 Å². The number of thiocarbonyl (C=S) groups is 1. The van der Waals surface area contributed by atoms with Gasteiger partial charge in [0.05, 0.1) is 14.2 Å². The lowest BCUT2D eigenvalue weighted by molar-refractivity contribution is -0.155. The van der Waals surface area contributed by atoms with E-state index in [2.05, 4.69) is 9.47 Å². The topological polar surface area (TPSA) is 72.9 Å². The molecular weight excluding hydrogens is 374 g/mol. The summed E-state index contributed by atoms with van der Waals surface area (Å²) in [6.45, 7) is 0. The van der Waals surface area contributed by atoms with Crippen molar-refractivity contribution in [3.63, 3.8) is 0 Å². The molecule has 1 aromatic rings. The van der Waals surface area contributed by atoms with Gasteiger partial charge in [0.2, 0.25) is 5.92 Å². The first-order chi connectivity index (χ1) is 11.2. The Morgan fingerprint density at radius 2 is 1.71 bits per heavy atom. The van der Waals surface area contributed by atoms with Crippen LogP contribution in [0.25, 0.3) is 0 Å². The summed E-state index contributed by atoms with van der Waals surface area (Å²) in [6, 6.07) is 4.47. The highest BCUT2D eigenvalue weighted by molar-refractivity contribution is 8.23. The van der Waals surface area contributed by atoms with E-state index in [9.17, 15) is 14.4 Å². The van der Waals surface area contributed by atoms with E-state index in [1.54, 1.807) is 25.1 Å². The van der Waals surface area contributed by atoms with Gasteiger partial charge < -0.3 is 14.4 Å². The molecule has 0 amide bonds. The Hall–Kier alpha value is -1.64. The van der Waals surface area contributed by atoms with Crippen molar-refractivity contribution in [1.82, 2.24) is 4.90 Å². The second-order valence-electron chi connectivity index (χ2n) is 4.75. The zero-order valence-corrected chi connectivity index (χ0v) is 15.9. The molecule has 0 aliphatic heterocycles. The van der Waals surface area contributed by atoms with E-state index in [1.165, 1.54) is 12.1 Å². The third-order valence-electron chi connectivity index (χ3n) is 2.91. The first-order valence-electron chi connectivity index (χ1n) is 6.61. The number of benzene rings is 1. The van der Waals surface area contributed by atoms with Gasteiger partial charge in [-0.25, -0.2) is 0 Å². The molecule has 0 fully saturated rings. The van der Waals surface area contributed by atoms with Gasteiger partial charge in [-0.05, 0) is 18.2 Å². The van der Waals surface area contributed by atoms with Gasteiger partial charge in [0.1, 0.15) is 4.32 Å². The largest absolute Gasteiger partial charge is 0.468 e. The smallest absolute Gasteiger partial charge is 0.328 e. The van der Waals surface area contributed by atoms with Crippen molar-refractivity contribution in [2.75, 3.05) is 28.3 Å². The average molecular weight is 390 g/mol. The van der Waals surface area contributed by atoms with Crippen molar-refractivity contribution < 1.29 is 23.9 Å². The Bertz CT molecular complexity index is 662. The minimum Gasteiger partial charge on any atom is -0.468 e. The van der Waals surface area contributed by atoms with E-state index in [-0.39, 0.29) is 5.56 Å². The third kappa shape index (κ3) is 4.93. The van der Waals surface area contributed by atoms with Crippen molar-refractivity contribution in [1.29, 1.82) is 0 Å². The summed E-state index contributed by atoms with van der Waals surface area (Å²) in [5, 5.41) is 0.392. The molecule has 0 radical (unpaired) electrons. The number of esters is 2. The fourth-order valence-corrected chi connectivity index (χ4v) is 3.01. The van der Waals surface area contributed by atoms with E-state index in [0.717, 1.165) is 26.0 Å². The minimum absolute atomic E-state index is 0.134. The zero-order chi connectivity index (χ0) is 18.4. The predicted octanol–water partition coefficient (Wildman–Crippen LogP) is 2.42. The Labute approximate surface area is 154 Å². The van der Waals surface area contributed by atoms with Crippen LogP contribution in [0.5, 0.6) is 0 Å². The maximum atomic E-state index is 12.7. The lowest BCUT2D eigenvalue weighted by atomic mass is 9.97. The molecule has 0 saturated carbocycles. The maximum absolute atomic E-state index is 12.7. The van der Waals surface area contributed by atoms with Crippen molar-refractivity contribution in [3.8, 4) is 0 Å². The molecule has 1 aromatic carbocycles. The monoisotopic (exact) mass is 389 g/mol. The number of ketones is 1. The average Bonchev–Trinajstić information content (AvgIpc) is 2.54. The number of rotatable bonds is 5. The van der Waals surface area contributed by atoms with E-state index in [0.29, 0.717) is 14.2 Å². The van der Waals surface area contributed by atoms with Crippen LogP contribution in [0.1, 0.15) is 10.4 Å². The first-order valence-corrected chi connectivity index (χ1v) is 8.21. The molecule has 0 saturated heterocycles. The van der Waals surface area contributed by atoms with Crippen LogP contribution in [0.2, 0.25) is 5.02 Å². The van der Waals surface area contributed by atoms with Gasteiger partial charge in [-0.2, -0.15) is 0 Å². The fourth-order valence-electron chi connectivity index (χ4n) is 1.67. The third-order valence-corrected chi connectivity index (χ3v) is 4.86. The molecule has 1 rings (SSSR count). The fraction of sp³-hybridized carbons (Fsp3) is 0.333. The van der Waals surface area contributed by atoms with Crippen LogP contribution < -0.4 is 0 Å². The summed E-state index contributed by atoms with van der Waals surface area (Å²) in [7, 11) is 5.69. The van der Waals surface area contributed by atoms with Gasteiger partial charge in [-0.15, -0.1) is 0 Å². The second-order valence-corrected chi connectivity index (χ2v) is 6.86. The Morgan fingerprint density at radius 1 is 1.17 bits per heavy atom. The van der Waals surface area contributed by atoms with Crippen LogP contribution in [0.4, 0.5) is 0 Å². The van der Waals surface area contributed by atoms with Crippen LogP contribution in [0.3, 0.4) is 0 Å². The van der Waals surface area contributed by atoms with Crippen molar-refractivity contribution >= 4 is 57.6 Å². The number of ether oxygens (including phenoxy) is 2. The number of carbonyl (C=O) groups is 3. The van der Waals surface area contributed by atoms with E-state index >= 15 is 0 Å². The lowest BCUT2D eigenvalue weighted by Gasteiger charge is -2.17. The van der Waals surface area contributed by atoms with Gasteiger partial charge in [0.25, 0.3) is 0 Å². The number of hydrogen-bond donors (Lipinski definition) is 0. The molecule has 0 aliphatic rings. The van der Waals surface area contributed by atoms with Gasteiger partial charge in [0.15, 0.2) is 5.78 Å². The summed E-state index contributed by atoms with van der Waals surface area (Å²) in [5.74, 6) is -4.43. The molecule has 0 bridgehead atoms. The highest BCUT2D eigenvalue weighted by Crippen LogP contribution is 2.30. The van der Waals surface area contributed by atoms with Crippen molar-refractivity contribution in [2.24, 2.45) is 5.92 Å². The summed E-state index contributed by atoms with van der Waals surface area (Å²) < 4.78 is 9.55. The first kappa shape index (κ1) is 20.4. The molecule has 0 atom stereocenters. The van der Waals surface area contributed by atoms with Crippen LogP contribution in [-0.4, -0.2) is 55.3 Å². The Balaban J connectivity index is 3.32. The summed E-state index contributed by atoms with van der Waals surface area (Å²) in [4.78, 5) is 38.5. The number of carbonyl (C=O) groups excluding carboxylic acids is 3. The molecule has 9 heteroatoms. The standard InChI is InChI=1S/C15H16ClNO5S2/c1-17(2)15(23)24-10-7-8(16)5-6-9(10)12(18)11(13(19)21-3)14(20)22-4/h5-7,11H,1-4H3. The highest BCUT2D eigenvalue weighted by atomic mass is 35.5. The number of methoxy groups -OCH3 is 2. The van der Waals surface area contributed by atoms with Gasteiger partial charge in [-0.3, -0.25) is 14.4 Å². The van der Waals surface area contributed by atoms with Crippen LogP contribution in [0, 0.1) is 5.92 Å². The summed E-state index contributed by atoms with van der Waals surface area (Å²) in [5.41, 5.74) is 0.134. The molecule has 0 spiro atoms. The zero-order valence-electron chi connectivity index (χ0n) is 13.5. The lowest BCUT2D eigenvalue weighted by Crippen LogP contribution is -2.34. The molecule has 24 heavy (non-hydrogen) atoms.